The Hall–Kier alpha value is -0.323. The summed E-state index contributed by atoms with van der Waals surface area (Å²) in [5, 5.41) is 0.968. The van der Waals surface area contributed by atoms with Crippen LogP contribution in [-0.4, -0.2) is 20.7 Å². The molecule has 0 aromatic heterocycles. The highest BCUT2D eigenvalue weighted by Crippen LogP contribution is 2.25. The standard InChI is InChI=1S/C16H26BrO2Si/c1-16(2,3)12-15(19-20(4)5)18-14-8-6-7-13(11-14)9-10-17/h6-8,11,15H,9-10,12H2,1-5H3. The lowest BCUT2D eigenvalue weighted by molar-refractivity contribution is -0.0247. The average molecular weight is 358 g/mol. The van der Waals surface area contributed by atoms with Gasteiger partial charge in [-0.2, -0.15) is 0 Å². The minimum atomic E-state index is -0.777. The summed E-state index contributed by atoms with van der Waals surface area (Å²) in [6.45, 7) is 10.9. The maximum absolute atomic E-state index is 6.08. The molecule has 4 heteroatoms. The molecule has 1 radical (unpaired) electrons. The number of halogens is 1. The highest BCUT2D eigenvalue weighted by molar-refractivity contribution is 9.09. The monoisotopic (exact) mass is 357 g/mol. The van der Waals surface area contributed by atoms with E-state index in [9.17, 15) is 0 Å². The van der Waals surface area contributed by atoms with Gasteiger partial charge in [0.25, 0.3) is 0 Å². The minimum Gasteiger partial charge on any atom is -0.466 e. The van der Waals surface area contributed by atoms with E-state index in [4.69, 9.17) is 9.16 Å². The third-order valence-electron chi connectivity index (χ3n) is 2.70. The summed E-state index contributed by atoms with van der Waals surface area (Å²) in [6.07, 6.45) is 1.75. The molecule has 1 aromatic rings. The Morgan fingerprint density at radius 2 is 1.95 bits per heavy atom. The summed E-state index contributed by atoms with van der Waals surface area (Å²) in [5.41, 5.74) is 1.47. The van der Waals surface area contributed by atoms with Crippen molar-refractivity contribution in [2.24, 2.45) is 5.41 Å². The summed E-state index contributed by atoms with van der Waals surface area (Å²) in [4.78, 5) is 0. The van der Waals surface area contributed by atoms with E-state index in [0.29, 0.717) is 0 Å². The van der Waals surface area contributed by atoms with Gasteiger partial charge in [0, 0.05) is 11.8 Å². The molecule has 20 heavy (non-hydrogen) atoms. The average Bonchev–Trinajstić information content (AvgIpc) is 2.26. The van der Waals surface area contributed by atoms with E-state index in [1.165, 1.54) is 5.56 Å². The number of ether oxygens (including phenoxy) is 1. The smallest absolute Gasteiger partial charge is 0.209 e. The van der Waals surface area contributed by atoms with Gasteiger partial charge >= 0.3 is 0 Å². The van der Waals surface area contributed by atoms with Crippen LogP contribution in [0, 0.1) is 5.41 Å². The van der Waals surface area contributed by atoms with Crippen LogP contribution in [0.3, 0.4) is 0 Å². The van der Waals surface area contributed by atoms with E-state index in [2.05, 4.69) is 61.9 Å². The van der Waals surface area contributed by atoms with Crippen molar-refractivity contribution in [1.82, 2.24) is 0 Å². The van der Waals surface area contributed by atoms with Gasteiger partial charge in [-0.15, -0.1) is 0 Å². The van der Waals surface area contributed by atoms with Gasteiger partial charge in [-0.25, -0.2) is 0 Å². The fourth-order valence-electron chi connectivity index (χ4n) is 1.91. The van der Waals surface area contributed by atoms with Gasteiger partial charge in [-0.1, -0.05) is 48.8 Å². The van der Waals surface area contributed by atoms with Gasteiger partial charge in [-0.3, -0.25) is 0 Å². The summed E-state index contributed by atoms with van der Waals surface area (Å²) < 4.78 is 12.1. The van der Waals surface area contributed by atoms with E-state index in [1.54, 1.807) is 0 Å². The van der Waals surface area contributed by atoms with Crippen LogP contribution in [0.5, 0.6) is 5.75 Å². The Bertz CT molecular complexity index is 402. The van der Waals surface area contributed by atoms with Gasteiger partial charge in [0.2, 0.25) is 9.04 Å². The van der Waals surface area contributed by atoms with E-state index >= 15 is 0 Å². The molecule has 0 fully saturated rings. The van der Waals surface area contributed by atoms with Gasteiger partial charge in [0.1, 0.15) is 5.75 Å². The molecule has 2 nitrogen and oxygen atoms in total. The number of alkyl halides is 1. The summed E-state index contributed by atoms with van der Waals surface area (Å²) in [7, 11) is -0.777. The van der Waals surface area contributed by atoms with Crippen molar-refractivity contribution in [2.45, 2.75) is 53.0 Å². The number of hydrogen-bond acceptors (Lipinski definition) is 2. The van der Waals surface area contributed by atoms with Crippen molar-refractivity contribution >= 4 is 25.0 Å². The molecule has 0 amide bonds. The van der Waals surface area contributed by atoms with Gasteiger partial charge < -0.3 is 9.16 Å². The Morgan fingerprint density at radius 3 is 2.50 bits per heavy atom. The highest BCUT2D eigenvalue weighted by Gasteiger charge is 2.22. The molecular weight excluding hydrogens is 332 g/mol. The molecule has 1 rings (SSSR count). The van der Waals surface area contributed by atoms with Crippen LogP contribution in [0.2, 0.25) is 13.1 Å². The molecule has 0 spiro atoms. The zero-order valence-corrected chi connectivity index (χ0v) is 15.8. The molecule has 0 aliphatic heterocycles. The molecular formula is C16H26BrO2Si. The topological polar surface area (TPSA) is 18.5 Å². The lowest BCUT2D eigenvalue weighted by Gasteiger charge is -2.28. The van der Waals surface area contributed by atoms with Crippen molar-refractivity contribution in [3.8, 4) is 5.75 Å². The van der Waals surface area contributed by atoms with Crippen LogP contribution >= 0.6 is 15.9 Å². The third kappa shape index (κ3) is 7.46. The molecule has 0 aliphatic rings. The van der Waals surface area contributed by atoms with Crippen LogP contribution in [0.25, 0.3) is 0 Å². The molecule has 1 aromatic carbocycles. The summed E-state index contributed by atoms with van der Waals surface area (Å²) in [5.74, 6) is 0.904. The quantitative estimate of drug-likeness (QED) is 0.387. The Morgan fingerprint density at radius 1 is 1.25 bits per heavy atom. The normalized spacial score (nSPS) is 13.6. The fourth-order valence-corrected chi connectivity index (χ4v) is 3.02. The lowest BCUT2D eigenvalue weighted by Crippen LogP contribution is -2.30. The van der Waals surface area contributed by atoms with Crippen LogP contribution in [0.4, 0.5) is 0 Å². The second-order valence-electron chi connectivity index (χ2n) is 6.42. The fraction of sp³-hybridized carbons (Fsp3) is 0.625. The highest BCUT2D eigenvalue weighted by atomic mass is 79.9. The van der Waals surface area contributed by atoms with E-state index in [1.807, 2.05) is 12.1 Å². The van der Waals surface area contributed by atoms with Gasteiger partial charge in [0.15, 0.2) is 6.29 Å². The maximum Gasteiger partial charge on any atom is 0.209 e. The first-order valence-electron chi connectivity index (χ1n) is 7.08. The van der Waals surface area contributed by atoms with Crippen molar-refractivity contribution in [3.63, 3.8) is 0 Å². The van der Waals surface area contributed by atoms with Crippen LogP contribution < -0.4 is 4.74 Å². The molecule has 0 N–H and O–H groups in total. The predicted molar refractivity (Wildman–Crippen MR) is 91.0 cm³/mol. The zero-order valence-electron chi connectivity index (χ0n) is 13.2. The number of rotatable bonds is 7. The number of benzene rings is 1. The number of hydrogen-bond donors (Lipinski definition) is 0. The van der Waals surface area contributed by atoms with E-state index in [-0.39, 0.29) is 11.7 Å². The zero-order chi connectivity index (χ0) is 15.2. The Kier molecular flexibility index (Phi) is 7.27. The van der Waals surface area contributed by atoms with Crippen molar-refractivity contribution in [2.75, 3.05) is 5.33 Å². The molecule has 113 valence electrons. The molecule has 0 heterocycles. The van der Waals surface area contributed by atoms with Crippen LogP contribution in [0.1, 0.15) is 32.8 Å². The SMILES string of the molecule is C[Si](C)OC(CC(C)(C)C)Oc1cccc(CCBr)c1. The minimum absolute atomic E-state index is 0.155. The Balaban J connectivity index is 2.75. The van der Waals surface area contributed by atoms with Gasteiger partial charge in [-0.05, 0) is 42.6 Å². The second-order valence-corrected chi connectivity index (χ2v) is 9.27. The molecule has 0 saturated carbocycles. The molecule has 0 aliphatic carbocycles. The largest absolute Gasteiger partial charge is 0.466 e. The molecule has 1 atom stereocenters. The number of aryl methyl sites for hydroxylation is 1. The predicted octanol–water partition coefficient (Wildman–Crippen LogP) is 5.03. The van der Waals surface area contributed by atoms with E-state index < -0.39 is 9.04 Å². The van der Waals surface area contributed by atoms with E-state index in [0.717, 1.165) is 23.9 Å². The lowest BCUT2D eigenvalue weighted by atomic mass is 9.92. The molecule has 0 saturated heterocycles. The van der Waals surface area contributed by atoms with Crippen molar-refractivity contribution in [1.29, 1.82) is 0 Å². The van der Waals surface area contributed by atoms with Crippen molar-refractivity contribution in [3.05, 3.63) is 29.8 Å². The van der Waals surface area contributed by atoms with Crippen LogP contribution in [-0.2, 0) is 10.8 Å². The van der Waals surface area contributed by atoms with Gasteiger partial charge in [0.05, 0.1) is 0 Å². The molecule has 1 unspecified atom stereocenters. The first kappa shape index (κ1) is 17.7. The first-order chi connectivity index (χ1) is 9.30. The van der Waals surface area contributed by atoms with Crippen molar-refractivity contribution < 1.29 is 9.16 Å². The summed E-state index contributed by atoms with van der Waals surface area (Å²) in [6, 6.07) is 8.29. The van der Waals surface area contributed by atoms with Crippen LogP contribution in [0.15, 0.2) is 24.3 Å². The summed E-state index contributed by atoms with van der Waals surface area (Å²) >= 11 is 3.47. The Labute approximate surface area is 133 Å². The molecule has 0 bridgehead atoms. The maximum atomic E-state index is 6.08. The third-order valence-corrected chi connectivity index (χ3v) is 3.83. The first-order valence-corrected chi connectivity index (χ1v) is 10.6. The second kappa shape index (κ2) is 8.20.